The predicted molar refractivity (Wildman–Crippen MR) is 141 cm³/mol. The number of piperazine rings is 1. The topological polar surface area (TPSA) is 69.1 Å². The molecule has 0 radical (unpaired) electrons. The Kier molecular flexibility index (Phi) is 8.03. The Morgan fingerprint density at radius 2 is 1.44 bits per heavy atom. The van der Waals surface area contributed by atoms with Crippen molar-refractivity contribution in [3.63, 3.8) is 0 Å². The molecule has 0 saturated carbocycles. The zero-order valence-electron chi connectivity index (χ0n) is 21.9. The lowest BCUT2D eigenvalue weighted by molar-refractivity contribution is 0.0745. The summed E-state index contributed by atoms with van der Waals surface area (Å²) in [6.45, 7) is 14.0. The zero-order chi connectivity index (χ0) is 25.7. The smallest absolute Gasteiger partial charge is 0.254 e. The maximum absolute atomic E-state index is 13.5. The molecule has 8 heteroatoms. The second kappa shape index (κ2) is 11.4. The highest BCUT2D eigenvalue weighted by molar-refractivity contribution is 5.96. The molecule has 1 aromatic heterocycles. The minimum atomic E-state index is -0.0342. The molecule has 192 valence electrons. The van der Waals surface area contributed by atoms with Crippen molar-refractivity contribution in [2.75, 3.05) is 50.9 Å². The number of carbonyl (C=O) groups is 1. The largest absolute Gasteiger partial charge is 0.490 e. The van der Waals surface area contributed by atoms with Gasteiger partial charge in [-0.1, -0.05) is 18.2 Å². The van der Waals surface area contributed by atoms with Gasteiger partial charge in [0, 0.05) is 31.7 Å². The summed E-state index contributed by atoms with van der Waals surface area (Å²) >= 11 is 0. The van der Waals surface area contributed by atoms with Gasteiger partial charge in [-0.25, -0.2) is 4.68 Å². The van der Waals surface area contributed by atoms with Crippen molar-refractivity contribution < 1.29 is 19.0 Å². The number of nitrogens with zero attached hydrogens (tertiary/aromatic N) is 4. The van der Waals surface area contributed by atoms with E-state index in [1.165, 1.54) is 0 Å². The van der Waals surface area contributed by atoms with E-state index >= 15 is 0 Å². The number of para-hydroxylation sites is 1. The molecule has 0 unspecified atom stereocenters. The van der Waals surface area contributed by atoms with Crippen LogP contribution in [0.5, 0.6) is 17.2 Å². The minimum Gasteiger partial charge on any atom is -0.490 e. The first-order valence-electron chi connectivity index (χ1n) is 12.7. The predicted octanol–water partition coefficient (Wildman–Crippen LogP) is 4.65. The summed E-state index contributed by atoms with van der Waals surface area (Å²) in [6, 6.07) is 13.7. The Morgan fingerprint density at radius 3 is 2.00 bits per heavy atom. The number of hydrogen-bond acceptors (Lipinski definition) is 6. The number of anilines is 1. The Morgan fingerprint density at radius 1 is 0.861 bits per heavy atom. The lowest BCUT2D eigenvalue weighted by atomic mass is 10.1. The first-order chi connectivity index (χ1) is 17.5. The molecular formula is C28H36N4O4. The summed E-state index contributed by atoms with van der Waals surface area (Å²) in [5.41, 5.74) is 4.83. The highest BCUT2D eigenvalue weighted by atomic mass is 16.5. The third-order valence-corrected chi connectivity index (χ3v) is 6.29. The van der Waals surface area contributed by atoms with Gasteiger partial charge >= 0.3 is 0 Å². The van der Waals surface area contributed by atoms with Gasteiger partial charge in [0.05, 0.1) is 42.6 Å². The van der Waals surface area contributed by atoms with E-state index in [1.54, 1.807) is 12.1 Å². The first-order valence-corrected chi connectivity index (χ1v) is 12.7. The van der Waals surface area contributed by atoms with Gasteiger partial charge in [-0.05, 0) is 58.9 Å². The average Bonchev–Trinajstić information content (AvgIpc) is 3.19. The molecule has 0 bridgehead atoms. The third-order valence-electron chi connectivity index (χ3n) is 6.29. The minimum absolute atomic E-state index is 0.0342. The van der Waals surface area contributed by atoms with Crippen LogP contribution in [-0.4, -0.2) is 66.6 Å². The Bertz CT molecular complexity index is 1160. The van der Waals surface area contributed by atoms with E-state index in [-0.39, 0.29) is 5.91 Å². The Balaban J connectivity index is 1.52. The van der Waals surface area contributed by atoms with E-state index in [2.05, 4.69) is 24.0 Å². The molecule has 0 atom stereocenters. The molecule has 1 saturated heterocycles. The first kappa shape index (κ1) is 25.4. The van der Waals surface area contributed by atoms with Crippen LogP contribution in [0.25, 0.3) is 5.69 Å². The van der Waals surface area contributed by atoms with Crippen molar-refractivity contribution in [2.24, 2.45) is 0 Å². The summed E-state index contributed by atoms with van der Waals surface area (Å²) in [6.07, 6.45) is 0. The van der Waals surface area contributed by atoms with Gasteiger partial charge in [-0.15, -0.1) is 0 Å². The number of aromatic nitrogens is 2. The summed E-state index contributed by atoms with van der Waals surface area (Å²) in [5, 5.41) is 4.79. The van der Waals surface area contributed by atoms with Crippen LogP contribution in [0.2, 0.25) is 0 Å². The number of hydrogen-bond donors (Lipinski definition) is 0. The monoisotopic (exact) mass is 492 g/mol. The van der Waals surface area contributed by atoms with E-state index < -0.39 is 0 Å². The third kappa shape index (κ3) is 5.12. The standard InChI is InChI=1S/C28H36N4O4/c1-6-34-24-18-22(19-25(35-7-2)27(24)36-8-3)28(33)31-16-14-30(15-17-31)26-20(4)29-32(21(26)5)23-12-10-9-11-13-23/h9-13,18-19H,6-8,14-17H2,1-5H3. The van der Waals surface area contributed by atoms with Gasteiger partial charge < -0.3 is 24.0 Å². The van der Waals surface area contributed by atoms with Crippen LogP contribution in [0, 0.1) is 13.8 Å². The number of aryl methyl sites for hydroxylation is 1. The second-order valence-electron chi connectivity index (χ2n) is 8.65. The van der Waals surface area contributed by atoms with Crippen LogP contribution in [0.1, 0.15) is 42.5 Å². The van der Waals surface area contributed by atoms with Crippen molar-refractivity contribution in [1.82, 2.24) is 14.7 Å². The normalized spacial score (nSPS) is 13.6. The van der Waals surface area contributed by atoms with Gasteiger partial charge in [-0.2, -0.15) is 5.10 Å². The molecular weight excluding hydrogens is 456 g/mol. The molecule has 1 aliphatic rings. The van der Waals surface area contributed by atoms with Crippen LogP contribution in [0.15, 0.2) is 42.5 Å². The average molecular weight is 493 g/mol. The van der Waals surface area contributed by atoms with E-state index in [4.69, 9.17) is 19.3 Å². The fourth-order valence-corrected chi connectivity index (χ4v) is 4.74. The highest BCUT2D eigenvalue weighted by Gasteiger charge is 2.27. The fourth-order valence-electron chi connectivity index (χ4n) is 4.74. The number of ether oxygens (including phenoxy) is 3. The quantitative estimate of drug-likeness (QED) is 0.433. The van der Waals surface area contributed by atoms with E-state index in [0.717, 1.165) is 35.9 Å². The zero-order valence-corrected chi connectivity index (χ0v) is 21.9. The molecule has 1 amide bonds. The highest BCUT2D eigenvalue weighted by Crippen LogP contribution is 2.39. The van der Waals surface area contributed by atoms with Crippen molar-refractivity contribution >= 4 is 11.6 Å². The molecule has 1 fully saturated rings. The molecule has 0 N–H and O–H groups in total. The maximum atomic E-state index is 13.5. The van der Waals surface area contributed by atoms with Crippen LogP contribution >= 0.6 is 0 Å². The molecule has 2 heterocycles. The lowest BCUT2D eigenvalue weighted by Crippen LogP contribution is -2.49. The van der Waals surface area contributed by atoms with Crippen molar-refractivity contribution in [3.8, 4) is 22.9 Å². The number of carbonyl (C=O) groups excluding carboxylic acids is 1. The van der Waals surface area contributed by atoms with E-state index in [9.17, 15) is 4.79 Å². The lowest BCUT2D eigenvalue weighted by Gasteiger charge is -2.36. The Labute approximate surface area is 213 Å². The summed E-state index contributed by atoms with van der Waals surface area (Å²) in [7, 11) is 0. The van der Waals surface area contributed by atoms with Crippen molar-refractivity contribution in [3.05, 3.63) is 59.4 Å². The molecule has 4 rings (SSSR count). The van der Waals surface area contributed by atoms with Crippen LogP contribution in [-0.2, 0) is 0 Å². The van der Waals surface area contributed by atoms with Crippen LogP contribution in [0.3, 0.4) is 0 Å². The number of amides is 1. The number of rotatable bonds is 9. The van der Waals surface area contributed by atoms with Crippen molar-refractivity contribution in [1.29, 1.82) is 0 Å². The Hall–Kier alpha value is -3.68. The molecule has 3 aromatic rings. The molecule has 8 nitrogen and oxygen atoms in total. The fraction of sp³-hybridized carbons (Fsp3) is 0.429. The van der Waals surface area contributed by atoms with Gasteiger partial charge in [0.1, 0.15) is 0 Å². The molecule has 36 heavy (non-hydrogen) atoms. The summed E-state index contributed by atoms with van der Waals surface area (Å²) < 4.78 is 19.4. The van der Waals surface area contributed by atoms with Gasteiger partial charge in [0.2, 0.25) is 5.75 Å². The summed E-state index contributed by atoms with van der Waals surface area (Å²) in [5.74, 6) is 1.58. The van der Waals surface area contributed by atoms with E-state index in [0.29, 0.717) is 55.7 Å². The molecule has 0 spiro atoms. The molecule has 1 aliphatic heterocycles. The molecule has 2 aromatic carbocycles. The van der Waals surface area contributed by atoms with Crippen LogP contribution < -0.4 is 19.1 Å². The van der Waals surface area contributed by atoms with E-state index in [1.807, 2.05) is 55.5 Å². The van der Waals surface area contributed by atoms with Gasteiger partial charge in [-0.3, -0.25) is 4.79 Å². The van der Waals surface area contributed by atoms with Crippen LogP contribution in [0.4, 0.5) is 5.69 Å². The summed E-state index contributed by atoms with van der Waals surface area (Å²) in [4.78, 5) is 17.7. The number of benzene rings is 2. The SMILES string of the molecule is CCOc1cc(C(=O)N2CCN(c3c(C)nn(-c4ccccc4)c3C)CC2)cc(OCC)c1OCC. The van der Waals surface area contributed by atoms with Gasteiger partial charge in [0.25, 0.3) is 5.91 Å². The maximum Gasteiger partial charge on any atom is 0.254 e. The molecule has 0 aliphatic carbocycles. The van der Waals surface area contributed by atoms with Gasteiger partial charge in [0.15, 0.2) is 11.5 Å². The van der Waals surface area contributed by atoms with Crippen molar-refractivity contribution in [2.45, 2.75) is 34.6 Å². The second-order valence-corrected chi connectivity index (χ2v) is 8.65.